The normalized spacial score (nSPS) is 27.4. The third-order valence-electron chi connectivity index (χ3n) is 3.38. The lowest BCUT2D eigenvalue weighted by atomic mass is 10.3. The first kappa shape index (κ1) is 14.0. The summed E-state index contributed by atoms with van der Waals surface area (Å²) in [4.78, 5) is 0. The van der Waals surface area contributed by atoms with E-state index in [9.17, 15) is 0 Å². The van der Waals surface area contributed by atoms with Crippen LogP contribution in [0.15, 0.2) is 0 Å². The highest BCUT2D eigenvalue weighted by molar-refractivity contribution is 6.39. The van der Waals surface area contributed by atoms with Crippen LogP contribution in [-0.4, -0.2) is 59.4 Å². The van der Waals surface area contributed by atoms with Crippen LogP contribution >= 0.6 is 0 Å². The number of rotatable bonds is 4. The van der Waals surface area contributed by atoms with Crippen LogP contribution in [0.2, 0.25) is 8.09 Å². The predicted octanol–water partition coefficient (Wildman–Crippen LogP) is 1.83. The zero-order valence-electron chi connectivity index (χ0n) is 10.9. The maximum Gasteiger partial charge on any atom is 0.388 e. The molecule has 0 N–H and O–H groups in total. The summed E-state index contributed by atoms with van der Waals surface area (Å²) < 4.78 is 23.7. The molecule has 4 nitrogen and oxygen atoms in total. The topological polar surface area (TPSA) is 36.9 Å². The molecule has 2 aliphatic heterocycles. The van der Waals surface area contributed by atoms with E-state index in [2.05, 4.69) is 13.8 Å². The molecule has 0 aromatic heterocycles. The van der Waals surface area contributed by atoms with Crippen LogP contribution in [0, 0.1) is 0 Å². The molecular formula is C12H22MgO4. The van der Waals surface area contributed by atoms with Crippen LogP contribution in [0.4, 0.5) is 0 Å². The van der Waals surface area contributed by atoms with Crippen molar-refractivity contribution >= 4 is 20.4 Å². The smallest absolute Gasteiger partial charge is 0.355 e. The molecule has 2 rings (SSSR count). The molecule has 0 radical (unpaired) electrons. The average Bonchev–Trinajstić information content (AvgIpc) is 2.40. The number of ether oxygens (including phenoxy) is 4. The second-order valence-corrected chi connectivity index (χ2v) is 8.16. The average molecular weight is 255 g/mol. The number of hydrogen-bond donors (Lipinski definition) is 0. The molecule has 0 aliphatic carbocycles. The van der Waals surface area contributed by atoms with Gasteiger partial charge >= 0.3 is 20.4 Å². The minimum absolute atomic E-state index is 0.0152. The molecule has 0 aromatic carbocycles. The Bertz CT molecular complexity index is 193. The second kappa shape index (κ2) is 7.26. The summed E-state index contributed by atoms with van der Waals surface area (Å²) in [5.41, 5.74) is 0. The Labute approximate surface area is 113 Å². The van der Waals surface area contributed by atoms with Crippen molar-refractivity contribution in [3.8, 4) is 0 Å². The van der Waals surface area contributed by atoms with Crippen molar-refractivity contribution in [3.63, 3.8) is 0 Å². The molecule has 0 saturated carbocycles. The maximum absolute atomic E-state index is 5.66. The van der Waals surface area contributed by atoms with E-state index in [4.69, 9.17) is 18.9 Å². The van der Waals surface area contributed by atoms with Gasteiger partial charge in [0.15, 0.2) is 0 Å². The van der Waals surface area contributed by atoms with Gasteiger partial charge in [-0.15, -0.1) is 0 Å². The minimum Gasteiger partial charge on any atom is -0.355 e. The van der Waals surface area contributed by atoms with Crippen LogP contribution < -0.4 is 0 Å². The molecule has 0 aromatic rings. The van der Waals surface area contributed by atoms with Crippen molar-refractivity contribution in [2.24, 2.45) is 0 Å². The van der Waals surface area contributed by atoms with Crippen LogP contribution in [0.25, 0.3) is 0 Å². The highest BCUT2D eigenvalue weighted by atomic mass is 24.5. The Morgan fingerprint density at radius 2 is 1.12 bits per heavy atom. The standard InChI is InChI=1S/2C6H11O2.Mg/c2*1-2-6-7-4-3-5-8-6;/h2*2,6H,3-5H2,1H3;. The molecular weight excluding hydrogens is 232 g/mol. The lowest BCUT2D eigenvalue weighted by molar-refractivity contribution is -0.184. The van der Waals surface area contributed by atoms with E-state index in [0.717, 1.165) is 39.3 Å². The summed E-state index contributed by atoms with van der Waals surface area (Å²) in [6.45, 7) is 7.84. The van der Waals surface area contributed by atoms with Gasteiger partial charge in [-0.1, -0.05) is 21.9 Å². The third-order valence-corrected chi connectivity index (χ3v) is 5.64. The van der Waals surface area contributed by atoms with Gasteiger partial charge in [0.25, 0.3) is 0 Å². The van der Waals surface area contributed by atoms with Gasteiger partial charge in [0, 0.05) is 0 Å². The lowest BCUT2D eigenvalue weighted by Gasteiger charge is -2.33. The quantitative estimate of drug-likeness (QED) is 0.718. The molecule has 2 heterocycles. The van der Waals surface area contributed by atoms with Crippen LogP contribution in [-0.2, 0) is 18.9 Å². The Hall–Kier alpha value is 0.606. The SMILES string of the molecule is C[CH]([Mg][CH](C)C1OCCCO1)C1OCCCO1. The Morgan fingerprint density at radius 3 is 1.47 bits per heavy atom. The van der Waals surface area contributed by atoms with Gasteiger partial charge < -0.3 is 18.9 Å². The van der Waals surface area contributed by atoms with Gasteiger partial charge in [0.05, 0.1) is 26.4 Å². The third kappa shape index (κ3) is 4.33. The second-order valence-electron chi connectivity index (χ2n) is 5.12. The Morgan fingerprint density at radius 1 is 0.765 bits per heavy atom. The number of hydrogen-bond acceptors (Lipinski definition) is 4. The highest BCUT2D eigenvalue weighted by Crippen LogP contribution is 2.26. The van der Waals surface area contributed by atoms with E-state index < -0.39 is 0 Å². The first-order valence-corrected chi connectivity index (χ1v) is 8.37. The van der Waals surface area contributed by atoms with Crippen molar-refractivity contribution in [2.45, 2.75) is 47.4 Å². The van der Waals surface area contributed by atoms with Gasteiger partial charge in [0.1, 0.15) is 12.6 Å². The molecule has 2 unspecified atom stereocenters. The van der Waals surface area contributed by atoms with Crippen molar-refractivity contribution < 1.29 is 18.9 Å². The fraction of sp³-hybridized carbons (Fsp3) is 1.00. The summed E-state index contributed by atoms with van der Waals surface area (Å²) in [6, 6.07) is 0. The first-order valence-electron chi connectivity index (χ1n) is 6.74. The molecule has 5 heteroatoms. The summed E-state index contributed by atoms with van der Waals surface area (Å²) in [5.74, 6) is 0. The van der Waals surface area contributed by atoms with E-state index in [1.54, 1.807) is 0 Å². The van der Waals surface area contributed by atoms with E-state index in [1.165, 1.54) is 0 Å². The van der Waals surface area contributed by atoms with Gasteiger partial charge in [0.2, 0.25) is 0 Å². The van der Waals surface area contributed by atoms with E-state index in [1.807, 2.05) is 0 Å². The summed E-state index contributed by atoms with van der Waals surface area (Å²) in [5, 5.41) is 0. The summed E-state index contributed by atoms with van der Waals surface area (Å²) >= 11 is -0.330. The van der Waals surface area contributed by atoms with E-state index in [0.29, 0.717) is 8.09 Å². The van der Waals surface area contributed by atoms with Gasteiger partial charge in [-0.05, 0) is 12.8 Å². The molecule has 2 atom stereocenters. The van der Waals surface area contributed by atoms with Crippen LogP contribution in [0.3, 0.4) is 0 Å². The molecule has 17 heavy (non-hydrogen) atoms. The fourth-order valence-electron chi connectivity index (χ4n) is 2.48. The van der Waals surface area contributed by atoms with Gasteiger partial charge in [-0.2, -0.15) is 0 Å². The van der Waals surface area contributed by atoms with Gasteiger partial charge in [-0.25, -0.2) is 0 Å². The zero-order valence-corrected chi connectivity index (χ0v) is 12.3. The molecule has 2 saturated heterocycles. The van der Waals surface area contributed by atoms with Crippen molar-refractivity contribution in [1.29, 1.82) is 0 Å². The van der Waals surface area contributed by atoms with Crippen molar-refractivity contribution in [2.75, 3.05) is 26.4 Å². The summed E-state index contributed by atoms with van der Waals surface area (Å²) in [6.07, 6.45) is 2.08. The Kier molecular flexibility index (Phi) is 5.99. The monoisotopic (exact) mass is 254 g/mol. The van der Waals surface area contributed by atoms with Gasteiger partial charge in [-0.3, -0.25) is 0 Å². The van der Waals surface area contributed by atoms with Crippen LogP contribution in [0.1, 0.15) is 26.7 Å². The van der Waals surface area contributed by atoms with Crippen molar-refractivity contribution in [1.82, 2.24) is 0 Å². The lowest BCUT2D eigenvalue weighted by Crippen LogP contribution is -2.36. The molecule has 0 spiro atoms. The van der Waals surface area contributed by atoms with E-state index in [-0.39, 0.29) is 32.9 Å². The molecule has 2 fully saturated rings. The molecule has 2 aliphatic rings. The molecule has 96 valence electrons. The predicted molar refractivity (Wildman–Crippen MR) is 65.2 cm³/mol. The van der Waals surface area contributed by atoms with Crippen molar-refractivity contribution in [3.05, 3.63) is 0 Å². The minimum atomic E-state index is -0.330. The Balaban J connectivity index is 1.74. The first-order chi connectivity index (χ1) is 8.27. The maximum atomic E-state index is 5.66. The molecule has 0 amide bonds. The zero-order chi connectivity index (χ0) is 12.1. The van der Waals surface area contributed by atoms with E-state index >= 15 is 0 Å². The van der Waals surface area contributed by atoms with Crippen LogP contribution in [0.5, 0.6) is 0 Å². The highest BCUT2D eigenvalue weighted by Gasteiger charge is 2.30. The summed E-state index contributed by atoms with van der Waals surface area (Å²) in [7, 11) is 0. The fourth-order valence-corrected chi connectivity index (χ4v) is 4.64. The largest absolute Gasteiger partial charge is 0.388 e. The molecule has 0 bridgehead atoms.